The topological polar surface area (TPSA) is 94.5 Å². The SMILES string of the molecule is COCC1C[C@@H]2CN(c3nc(OC[C@@H]4CCCN4C)nc4c3CCN(c3cccc5cccc(Cl)c35)C4)C[C@H]1N2C(=O)O. The van der Waals surface area contributed by atoms with Gasteiger partial charge in [-0.1, -0.05) is 35.9 Å². The van der Waals surface area contributed by atoms with E-state index in [0.717, 1.165) is 70.9 Å². The van der Waals surface area contributed by atoms with Gasteiger partial charge in [-0.15, -0.1) is 0 Å². The molecule has 2 bridgehead atoms. The molecule has 4 atom stereocenters. The average molecular weight is 607 g/mol. The van der Waals surface area contributed by atoms with Gasteiger partial charge in [-0.3, -0.25) is 4.90 Å². The molecular formula is C32H39ClN6O4. The van der Waals surface area contributed by atoms with Crippen LogP contribution in [-0.2, 0) is 17.7 Å². The Morgan fingerprint density at radius 3 is 2.70 bits per heavy atom. The van der Waals surface area contributed by atoms with Crippen LogP contribution in [0.15, 0.2) is 36.4 Å². The number of ether oxygens (including phenoxy) is 2. The molecular weight excluding hydrogens is 568 g/mol. The number of amides is 1. The summed E-state index contributed by atoms with van der Waals surface area (Å²) in [5, 5.41) is 12.9. The summed E-state index contributed by atoms with van der Waals surface area (Å²) >= 11 is 6.71. The highest BCUT2D eigenvalue weighted by molar-refractivity contribution is 6.36. The summed E-state index contributed by atoms with van der Waals surface area (Å²) < 4.78 is 11.8. The van der Waals surface area contributed by atoms with Gasteiger partial charge in [-0.2, -0.15) is 9.97 Å². The Morgan fingerprint density at radius 2 is 1.93 bits per heavy atom. The Kier molecular flexibility index (Phi) is 7.69. The molecule has 0 saturated carbocycles. The molecule has 1 unspecified atom stereocenters. The third-order valence-electron chi connectivity index (χ3n) is 9.88. The van der Waals surface area contributed by atoms with E-state index >= 15 is 0 Å². The molecule has 1 N–H and O–H groups in total. The fourth-order valence-electron chi connectivity index (χ4n) is 7.76. The second kappa shape index (κ2) is 11.6. The van der Waals surface area contributed by atoms with E-state index < -0.39 is 6.09 Å². The van der Waals surface area contributed by atoms with Gasteiger partial charge in [0.05, 0.1) is 36.0 Å². The first-order valence-corrected chi connectivity index (χ1v) is 15.7. The predicted octanol–water partition coefficient (Wildman–Crippen LogP) is 4.52. The van der Waals surface area contributed by atoms with E-state index in [1.54, 1.807) is 12.0 Å². The van der Waals surface area contributed by atoms with E-state index in [0.29, 0.717) is 44.9 Å². The zero-order valence-electron chi connectivity index (χ0n) is 24.8. The first-order chi connectivity index (χ1) is 20.9. The lowest BCUT2D eigenvalue weighted by Crippen LogP contribution is -2.57. The number of piperazine rings is 1. The van der Waals surface area contributed by atoms with Crippen LogP contribution in [0.2, 0.25) is 5.02 Å². The van der Waals surface area contributed by atoms with Gasteiger partial charge in [0.25, 0.3) is 0 Å². The number of rotatable bonds is 7. The number of benzene rings is 2. The summed E-state index contributed by atoms with van der Waals surface area (Å²) in [6, 6.07) is 12.8. The molecule has 0 spiro atoms. The average Bonchev–Trinajstić information content (AvgIpc) is 3.52. The van der Waals surface area contributed by atoms with Gasteiger partial charge in [0.2, 0.25) is 0 Å². The maximum atomic E-state index is 12.2. The summed E-state index contributed by atoms with van der Waals surface area (Å²) in [7, 11) is 3.83. The Bertz CT molecular complexity index is 1520. The van der Waals surface area contributed by atoms with Crippen molar-refractivity contribution in [3.63, 3.8) is 0 Å². The molecule has 228 valence electrons. The summed E-state index contributed by atoms with van der Waals surface area (Å²) in [6.07, 6.45) is 2.98. The monoisotopic (exact) mass is 606 g/mol. The maximum Gasteiger partial charge on any atom is 0.407 e. The van der Waals surface area contributed by atoms with Crippen molar-refractivity contribution in [2.24, 2.45) is 5.92 Å². The van der Waals surface area contributed by atoms with Crippen molar-refractivity contribution < 1.29 is 19.4 Å². The lowest BCUT2D eigenvalue weighted by Gasteiger charge is -2.42. The third kappa shape index (κ3) is 5.23. The number of nitrogens with zero attached hydrogens (tertiary/aromatic N) is 6. The third-order valence-corrected chi connectivity index (χ3v) is 10.2. The van der Waals surface area contributed by atoms with Crippen molar-refractivity contribution in [1.82, 2.24) is 19.8 Å². The number of aromatic nitrogens is 2. The fraction of sp³-hybridized carbons (Fsp3) is 0.531. The van der Waals surface area contributed by atoms with Crippen LogP contribution >= 0.6 is 11.6 Å². The molecule has 1 amide bonds. The highest BCUT2D eigenvalue weighted by atomic mass is 35.5. The van der Waals surface area contributed by atoms with Gasteiger partial charge in [-0.05, 0) is 56.8 Å². The van der Waals surface area contributed by atoms with Crippen molar-refractivity contribution in [2.45, 2.75) is 50.4 Å². The number of fused-ring (bicyclic) bond motifs is 4. The molecule has 4 aliphatic rings. The van der Waals surface area contributed by atoms with Crippen LogP contribution in [0, 0.1) is 5.92 Å². The fourth-order valence-corrected chi connectivity index (χ4v) is 8.04. The Morgan fingerprint density at radius 1 is 1.09 bits per heavy atom. The number of likely N-dealkylation sites (N-methyl/N-ethyl adjacent to an activating group) is 1. The lowest BCUT2D eigenvalue weighted by atomic mass is 10.0. The van der Waals surface area contributed by atoms with E-state index in [1.165, 1.54) is 6.42 Å². The first kappa shape index (κ1) is 28.4. The minimum atomic E-state index is -0.855. The van der Waals surface area contributed by atoms with E-state index in [4.69, 9.17) is 31.0 Å². The molecule has 4 aliphatic heterocycles. The summed E-state index contributed by atoms with van der Waals surface area (Å²) in [5.74, 6) is 1.04. The summed E-state index contributed by atoms with van der Waals surface area (Å²) in [5.41, 5.74) is 3.18. The quantitative estimate of drug-likeness (QED) is 0.416. The highest BCUT2D eigenvalue weighted by Gasteiger charge is 2.49. The molecule has 10 nitrogen and oxygen atoms in total. The maximum absolute atomic E-state index is 12.2. The van der Waals surface area contributed by atoms with Crippen molar-refractivity contribution in [1.29, 1.82) is 0 Å². The number of carboxylic acid groups (broad SMARTS) is 1. The van der Waals surface area contributed by atoms with Crippen molar-refractivity contribution >= 4 is 40.0 Å². The zero-order valence-corrected chi connectivity index (χ0v) is 25.5. The normalized spacial score (nSPS) is 25.4. The molecule has 7 rings (SSSR count). The molecule has 0 aliphatic carbocycles. The molecule has 3 fully saturated rings. The molecule has 43 heavy (non-hydrogen) atoms. The number of likely N-dealkylation sites (tertiary alicyclic amines) is 1. The molecule has 1 aromatic heterocycles. The smallest absolute Gasteiger partial charge is 0.407 e. The standard InChI is InChI=1S/C32H39ClN6O4/c1-36-12-5-8-22(36)19-43-31-34-26-16-37(27-10-4-7-20-6-3-9-25(33)29(20)27)13-11-24(26)30(35-31)38-15-23-14-21(18-42-2)28(17-38)39(23)32(40)41/h3-4,6-7,9-10,21-23,28H,5,8,11-19H2,1-2H3,(H,40,41)/t21?,22-,23+,28+/m0/s1. The Balaban J connectivity index is 1.23. The van der Waals surface area contributed by atoms with Gasteiger partial charge in [-0.25, -0.2) is 4.79 Å². The van der Waals surface area contributed by atoms with Gasteiger partial charge in [0, 0.05) is 55.3 Å². The van der Waals surface area contributed by atoms with E-state index in [9.17, 15) is 9.90 Å². The van der Waals surface area contributed by atoms with Crippen LogP contribution in [0.25, 0.3) is 10.8 Å². The molecule has 0 radical (unpaired) electrons. The van der Waals surface area contributed by atoms with Crippen LogP contribution in [0.3, 0.4) is 0 Å². The number of hydrogen-bond donors (Lipinski definition) is 1. The summed E-state index contributed by atoms with van der Waals surface area (Å²) in [4.78, 5) is 30.9. The van der Waals surface area contributed by atoms with Crippen LogP contribution in [0.4, 0.5) is 16.3 Å². The number of hydrogen-bond acceptors (Lipinski definition) is 8. The molecule has 3 saturated heterocycles. The number of halogens is 1. The van der Waals surface area contributed by atoms with Crippen LogP contribution in [0.5, 0.6) is 6.01 Å². The molecule has 5 heterocycles. The second-order valence-electron chi connectivity index (χ2n) is 12.4. The second-order valence-corrected chi connectivity index (χ2v) is 12.8. The van der Waals surface area contributed by atoms with Crippen LogP contribution in [0.1, 0.15) is 30.5 Å². The van der Waals surface area contributed by atoms with Gasteiger partial charge >= 0.3 is 12.1 Å². The predicted molar refractivity (Wildman–Crippen MR) is 167 cm³/mol. The van der Waals surface area contributed by atoms with Crippen LogP contribution < -0.4 is 14.5 Å². The minimum Gasteiger partial charge on any atom is -0.465 e. The largest absolute Gasteiger partial charge is 0.465 e. The lowest BCUT2D eigenvalue weighted by molar-refractivity contribution is 0.0946. The minimum absolute atomic E-state index is 0.101. The summed E-state index contributed by atoms with van der Waals surface area (Å²) in [6.45, 7) is 4.76. The number of carbonyl (C=O) groups is 1. The van der Waals surface area contributed by atoms with Gasteiger partial charge in [0.1, 0.15) is 12.4 Å². The van der Waals surface area contributed by atoms with Crippen molar-refractivity contribution in [2.75, 3.05) is 63.4 Å². The van der Waals surface area contributed by atoms with Crippen molar-refractivity contribution in [3.8, 4) is 6.01 Å². The Labute approximate surface area is 257 Å². The number of anilines is 2. The number of methoxy groups -OCH3 is 1. The van der Waals surface area contributed by atoms with E-state index in [-0.39, 0.29) is 18.0 Å². The zero-order chi connectivity index (χ0) is 29.7. The van der Waals surface area contributed by atoms with Gasteiger partial charge in [0.15, 0.2) is 0 Å². The van der Waals surface area contributed by atoms with Crippen molar-refractivity contribution in [3.05, 3.63) is 52.7 Å². The molecule has 3 aromatic rings. The molecule has 2 aromatic carbocycles. The van der Waals surface area contributed by atoms with E-state index in [1.807, 2.05) is 12.1 Å². The van der Waals surface area contributed by atoms with Crippen LogP contribution in [-0.4, -0.2) is 103 Å². The van der Waals surface area contributed by atoms with E-state index in [2.05, 4.69) is 46.0 Å². The van der Waals surface area contributed by atoms with Gasteiger partial charge < -0.3 is 29.3 Å². The highest BCUT2D eigenvalue weighted by Crippen LogP contribution is 2.40. The molecule has 11 heteroatoms. The Hall–Kier alpha value is -3.34. The first-order valence-electron chi connectivity index (χ1n) is 15.3.